The molecule has 3 aromatic rings. The predicted octanol–water partition coefficient (Wildman–Crippen LogP) is 3.70. The molecule has 2 aromatic carbocycles. The van der Waals surface area contributed by atoms with Crippen molar-refractivity contribution in [2.75, 3.05) is 0 Å². The van der Waals surface area contributed by atoms with E-state index in [0.29, 0.717) is 17.4 Å². The van der Waals surface area contributed by atoms with Crippen molar-refractivity contribution in [2.45, 2.75) is 6.61 Å². The number of hydrogen-bond acceptors (Lipinski definition) is 4. The minimum Gasteiger partial charge on any atom is -0.481 e. The second-order valence-electron chi connectivity index (χ2n) is 4.93. The number of aldehydes is 1. The molecule has 0 N–H and O–H groups in total. The van der Waals surface area contributed by atoms with E-state index in [1.807, 2.05) is 48.5 Å². The lowest BCUT2D eigenvalue weighted by Crippen LogP contribution is -2.12. The van der Waals surface area contributed by atoms with E-state index >= 15 is 0 Å². The molecule has 1 aromatic heterocycles. The van der Waals surface area contributed by atoms with E-state index < -0.39 is 0 Å². The van der Waals surface area contributed by atoms with Crippen LogP contribution in [-0.2, 0) is 6.61 Å². The molecule has 0 bridgehead atoms. The first-order valence-electron chi connectivity index (χ1n) is 7.12. The van der Waals surface area contributed by atoms with Crippen molar-refractivity contribution < 1.29 is 13.9 Å². The van der Waals surface area contributed by atoms with Gasteiger partial charge in [0, 0.05) is 0 Å². The zero-order chi connectivity index (χ0) is 16.1. The molecule has 0 amide bonds. The molecule has 1 heterocycles. The van der Waals surface area contributed by atoms with Gasteiger partial charge >= 0.3 is 0 Å². The Hall–Kier alpha value is -3.14. The third kappa shape index (κ3) is 3.21. The second-order valence-corrected chi connectivity index (χ2v) is 4.93. The Bertz CT molecular complexity index is 852. The molecule has 0 atom stereocenters. The normalized spacial score (nSPS) is 10.3. The molecule has 0 aliphatic heterocycles. The van der Waals surface area contributed by atoms with Crippen molar-refractivity contribution in [3.05, 3.63) is 88.5 Å². The fourth-order valence-electron chi connectivity index (χ4n) is 2.23. The number of hydrogen-bond donors (Lipinski definition) is 0. The minimum atomic E-state index is -0.361. The van der Waals surface area contributed by atoms with Gasteiger partial charge in [-0.15, -0.1) is 0 Å². The first kappa shape index (κ1) is 14.8. The largest absolute Gasteiger partial charge is 0.481 e. The van der Waals surface area contributed by atoms with Crippen molar-refractivity contribution in [1.82, 2.24) is 0 Å². The van der Waals surface area contributed by atoms with Crippen LogP contribution in [0.25, 0.3) is 11.1 Å². The van der Waals surface area contributed by atoms with Gasteiger partial charge in [0.1, 0.15) is 12.9 Å². The lowest BCUT2D eigenvalue weighted by molar-refractivity contribution is 0.109. The number of carbonyl (C=O) groups excluding carboxylic acids is 1. The molecule has 0 fully saturated rings. The van der Waals surface area contributed by atoms with Crippen LogP contribution in [0.15, 0.2) is 76.1 Å². The van der Waals surface area contributed by atoms with Gasteiger partial charge in [-0.25, -0.2) is 0 Å². The summed E-state index contributed by atoms with van der Waals surface area (Å²) in [6, 6.07) is 18.5. The number of benzene rings is 2. The van der Waals surface area contributed by atoms with Gasteiger partial charge in [0.05, 0.1) is 5.56 Å². The van der Waals surface area contributed by atoms with Crippen LogP contribution in [0.3, 0.4) is 0 Å². The Balaban J connectivity index is 1.98. The van der Waals surface area contributed by atoms with Crippen molar-refractivity contribution in [2.24, 2.45) is 0 Å². The number of carbonyl (C=O) groups is 1. The summed E-state index contributed by atoms with van der Waals surface area (Å²) in [7, 11) is 0. The highest BCUT2D eigenvalue weighted by Crippen LogP contribution is 2.21. The van der Waals surface area contributed by atoms with Crippen LogP contribution in [0.1, 0.15) is 16.1 Å². The van der Waals surface area contributed by atoms with E-state index in [1.54, 1.807) is 12.1 Å². The zero-order valence-electron chi connectivity index (χ0n) is 12.3. The van der Waals surface area contributed by atoms with Crippen LogP contribution in [0.2, 0.25) is 0 Å². The lowest BCUT2D eigenvalue weighted by atomic mass is 10.1. The van der Waals surface area contributed by atoms with Crippen molar-refractivity contribution >= 4 is 6.29 Å². The molecule has 23 heavy (non-hydrogen) atoms. The molecule has 0 spiro atoms. The average Bonchev–Trinajstić information content (AvgIpc) is 2.62. The van der Waals surface area contributed by atoms with Crippen molar-refractivity contribution in [3.63, 3.8) is 0 Å². The summed E-state index contributed by atoms with van der Waals surface area (Å²) in [5, 5.41) is 0. The first-order chi connectivity index (χ1) is 11.3. The van der Waals surface area contributed by atoms with E-state index in [2.05, 4.69) is 0 Å². The minimum absolute atomic E-state index is 0.0646. The van der Waals surface area contributed by atoms with Gasteiger partial charge in [-0.1, -0.05) is 60.7 Å². The molecule has 0 radical (unpaired) electrons. The Kier molecular flexibility index (Phi) is 4.34. The van der Waals surface area contributed by atoms with Crippen molar-refractivity contribution in [1.29, 1.82) is 0 Å². The van der Waals surface area contributed by atoms with Crippen LogP contribution in [-0.4, -0.2) is 6.29 Å². The molecule has 4 nitrogen and oxygen atoms in total. The van der Waals surface area contributed by atoms with Crippen LogP contribution in [0.4, 0.5) is 0 Å². The molecule has 3 rings (SSSR count). The van der Waals surface area contributed by atoms with Crippen LogP contribution < -0.4 is 10.2 Å². The summed E-state index contributed by atoms with van der Waals surface area (Å²) in [5.41, 5.74) is 1.61. The Morgan fingerprint density at radius 2 is 1.61 bits per heavy atom. The summed E-state index contributed by atoms with van der Waals surface area (Å²) in [6.07, 6.45) is 1.77. The maximum absolute atomic E-state index is 12.6. The topological polar surface area (TPSA) is 56.5 Å². The van der Waals surface area contributed by atoms with Crippen LogP contribution in [0.5, 0.6) is 5.75 Å². The molecule has 0 saturated carbocycles. The first-order valence-corrected chi connectivity index (χ1v) is 7.12. The smallest absolute Gasteiger partial charge is 0.235 e. The van der Waals surface area contributed by atoms with E-state index in [1.165, 1.54) is 6.26 Å². The maximum atomic E-state index is 12.6. The van der Waals surface area contributed by atoms with E-state index in [9.17, 15) is 9.59 Å². The van der Waals surface area contributed by atoms with E-state index in [-0.39, 0.29) is 23.5 Å². The number of ether oxygens (including phenoxy) is 1. The monoisotopic (exact) mass is 306 g/mol. The lowest BCUT2D eigenvalue weighted by Gasteiger charge is -2.09. The standard InChI is InChI=1S/C19H14O4/c20-11-17-19(23-12-14-7-3-1-4-8-14)18(21)16(13-22-17)15-9-5-2-6-10-15/h1-11,13H,12H2. The van der Waals surface area contributed by atoms with Gasteiger partial charge in [-0.2, -0.15) is 0 Å². The Labute approximate surface area is 133 Å². The van der Waals surface area contributed by atoms with Gasteiger partial charge in [-0.3, -0.25) is 9.59 Å². The molecule has 4 heteroatoms. The summed E-state index contributed by atoms with van der Waals surface area (Å²) in [6.45, 7) is 0.185. The predicted molar refractivity (Wildman–Crippen MR) is 86.6 cm³/mol. The highest BCUT2D eigenvalue weighted by Gasteiger charge is 2.16. The van der Waals surface area contributed by atoms with E-state index in [4.69, 9.17) is 9.15 Å². The maximum Gasteiger partial charge on any atom is 0.235 e. The molecular formula is C19H14O4. The fourth-order valence-corrected chi connectivity index (χ4v) is 2.23. The van der Waals surface area contributed by atoms with Gasteiger partial charge in [0.15, 0.2) is 6.29 Å². The Morgan fingerprint density at radius 3 is 2.26 bits per heavy atom. The van der Waals surface area contributed by atoms with Gasteiger partial charge < -0.3 is 9.15 Å². The average molecular weight is 306 g/mol. The van der Waals surface area contributed by atoms with E-state index in [0.717, 1.165) is 5.56 Å². The van der Waals surface area contributed by atoms with Gasteiger partial charge in [0.25, 0.3) is 0 Å². The van der Waals surface area contributed by atoms with Gasteiger partial charge in [0.2, 0.25) is 16.9 Å². The zero-order valence-corrected chi connectivity index (χ0v) is 12.3. The third-order valence-corrected chi connectivity index (χ3v) is 3.40. The summed E-state index contributed by atoms with van der Waals surface area (Å²) in [5.74, 6) is -0.171. The molecule has 0 unspecified atom stereocenters. The van der Waals surface area contributed by atoms with Crippen molar-refractivity contribution in [3.8, 4) is 16.9 Å². The third-order valence-electron chi connectivity index (χ3n) is 3.40. The highest BCUT2D eigenvalue weighted by molar-refractivity contribution is 5.77. The SMILES string of the molecule is O=Cc1occ(-c2ccccc2)c(=O)c1OCc1ccccc1. The summed E-state index contributed by atoms with van der Waals surface area (Å²) in [4.78, 5) is 23.8. The number of rotatable bonds is 5. The second kappa shape index (κ2) is 6.75. The van der Waals surface area contributed by atoms with Crippen LogP contribution >= 0.6 is 0 Å². The fraction of sp³-hybridized carbons (Fsp3) is 0.0526. The quantitative estimate of drug-likeness (QED) is 0.674. The molecule has 0 aliphatic rings. The molecule has 114 valence electrons. The molecule has 0 aliphatic carbocycles. The van der Waals surface area contributed by atoms with Gasteiger partial charge in [-0.05, 0) is 11.1 Å². The Morgan fingerprint density at radius 1 is 0.957 bits per heavy atom. The van der Waals surface area contributed by atoms with Crippen LogP contribution in [0, 0.1) is 0 Å². The molecular weight excluding hydrogens is 292 g/mol. The summed E-state index contributed by atoms with van der Waals surface area (Å²) >= 11 is 0. The highest BCUT2D eigenvalue weighted by atomic mass is 16.5. The molecule has 0 saturated heterocycles. The summed E-state index contributed by atoms with van der Waals surface area (Å²) < 4.78 is 10.8.